The monoisotopic (exact) mass is 350 g/mol. The van der Waals surface area contributed by atoms with E-state index in [1.807, 2.05) is 0 Å². The molecule has 0 aliphatic rings. The highest BCUT2D eigenvalue weighted by Crippen LogP contribution is 2.30. The molecule has 106 valence electrons. The van der Waals surface area contributed by atoms with Gasteiger partial charge in [0.2, 0.25) is 5.95 Å². The summed E-state index contributed by atoms with van der Waals surface area (Å²) in [7, 11) is 0. The molecule has 2 rings (SSSR count). The fraction of sp³-hybridized carbons (Fsp3) is 0.0909. The van der Waals surface area contributed by atoms with Gasteiger partial charge in [0, 0.05) is 11.8 Å². The molecule has 1 heterocycles. The van der Waals surface area contributed by atoms with E-state index >= 15 is 0 Å². The van der Waals surface area contributed by atoms with Gasteiger partial charge in [0.05, 0.1) is 4.47 Å². The molecule has 0 amide bonds. The van der Waals surface area contributed by atoms with Crippen molar-refractivity contribution in [2.45, 2.75) is 6.18 Å². The quantitative estimate of drug-likeness (QED) is 0.810. The number of nitrogen functional groups attached to an aromatic ring is 1. The number of nitrogens with zero attached hydrogens (tertiary/aromatic N) is 2. The van der Waals surface area contributed by atoms with E-state index in [2.05, 4.69) is 31.2 Å². The Labute approximate surface area is 119 Å². The predicted octanol–water partition coefficient (Wildman–Crippen LogP) is 3.72. The second kappa shape index (κ2) is 5.23. The van der Waals surface area contributed by atoms with Gasteiger partial charge in [-0.2, -0.15) is 18.2 Å². The highest BCUT2D eigenvalue weighted by molar-refractivity contribution is 9.10. The minimum absolute atomic E-state index is 0.174. The largest absolute Gasteiger partial charge is 0.433 e. The number of nitrogens with two attached hydrogens (primary N) is 1. The van der Waals surface area contributed by atoms with Gasteiger partial charge in [-0.25, -0.2) is 9.37 Å². The van der Waals surface area contributed by atoms with E-state index in [4.69, 9.17) is 5.73 Å². The lowest BCUT2D eigenvalue weighted by atomic mass is 10.3. The summed E-state index contributed by atoms with van der Waals surface area (Å²) >= 11 is 2.97. The SMILES string of the molecule is Nc1nc(Nc2ccc(Br)c(F)c2)cc(C(F)(F)F)n1. The van der Waals surface area contributed by atoms with Gasteiger partial charge in [0.15, 0.2) is 5.69 Å². The lowest BCUT2D eigenvalue weighted by Gasteiger charge is -2.10. The number of hydrogen-bond donors (Lipinski definition) is 2. The van der Waals surface area contributed by atoms with Crippen LogP contribution in [0.1, 0.15) is 5.69 Å². The molecule has 1 aromatic heterocycles. The number of nitrogens with one attached hydrogen (secondary N) is 1. The van der Waals surface area contributed by atoms with Crippen LogP contribution in [0.5, 0.6) is 0 Å². The summed E-state index contributed by atoms with van der Waals surface area (Å²) in [5, 5.41) is 2.53. The lowest BCUT2D eigenvalue weighted by Crippen LogP contribution is -2.12. The maximum atomic E-state index is 13.3. The van der Waals surface area contributed by atoms with E-state index in [0.29, 0.717) is 6.07 Å². The maximum absolute atomic E-state index is 13.3. The zero-order chi connectivity index (χ0) is 14.9. The normalized spacial score (nSPS) is 11.4. The van der Waals surface area contributed by atoms with Crippen LogP contribution in [0.3, 0.4) is 0 Å². The van der Waals surface area contributed by atoms with Crippen LogP contribution in [0, 0.1) is 5.82 Å². The number of anilines is 3. The minimum Gasteiger partial charge on any atom is -0.368 e. The number of hydrogen-bond acceptors (Lipinski definition) is 4. The molecule has 4 nitrogen and oxygen atoms in total. The molecule has 3 N–H and O–H groups in total. The van der Waals surface area contributed by atoms with Crippen molar-refractivity contribution in [2.24, 2.45) is 0 Å². The van der Waals surface area contributed by atoms with Gasteiger partial charge in [0.25, 0.3) is 0 Å². The fourth-order valence-electron chi connectivity index (χ4n) is 1.40. The number of rotatable bonds is 2. The first kappa shape index (κ1) is 14.5. The van der Waals surface area contributed by atoms with E-state index in [0.717, 1.165) is 6.07 Å². The van der Waals surface area contributed by atoms with Gasteiger partial charge in [-0.15, -0.1) is 0 Å². The first-order valence-electron chi connectivity index (χ1n) is 5.19. The molecular weight excluding hydrogens is 344 g/mol. The molecule has 0 unspecified atom stereocenters. The summed E-state index contributed by atoms with van der Waals surface area (Å²) in [6, 6.07) is 4.68. The van der Waals surface area contributed by atoms with Gasteiger partial charge in [-0.3, -0.25) is 0 Å². The van der Waals surface area contributed by atoms with Crippen LogP contribution < -0.4 is 11.1 Å². The molecule has 0 saturated carbocycles. The topological polar surface area (TPSA) is 63.8 Å². The number of aromatic nitrogens is 2. The Morgan fingerprint density at radius 3 is 2.45 bits per heavy atom. The molecule has 9 heteroatoms. The molecule has 0 radical (unpaired) electrons. The van der Waals surface area contributed by atoms with Crippen molar-refractivity contribution >= 4 is 33.4 Å². The van der Waals surface area contributed by atoms with Gasteiger partial charge in [-0.1, -0.05) is 0 Å². The third-order valence-electron chi connectivity index (χ3n) is 2.23. The molecule has 0 aliphatic carbocycles. The average Bonchev–Trinajstić information content (AvgIpc) is 2.32. The van der Waals surface area contributed by atoms with Crippen molar-refractivity contribution in [2.75, 3.05) is 11.1 Å². The van der Waals surface area contributed by atoms with Crippen LogP contribution >= 0.6 is 15.9 Å². The molecule has 0 bridgehead atoms. The van der Waals surface area contributed by atoms with Crippen molar-refractivity contribution in [3.8, 4) is 0 Å². The highest BCUT2D eigenvalue weighted by Gasteiger charge is 2.33. The minimum atomic E-state index is -4.64. The van der Waals surface area contributed by atoms with Crippen molar-refractivity contribution in [1.82, 2.24) is 9.97 Å². The number of benzene rings is 1. The third-order valence-corrected chi connectivity index (χ3v) is 2.87. The van der Waals surface area contributed by atoms with Crippen LogP contribution in [0.15, 0.2) is 28.7 Å². The zero-order valence-electron chi connectivity index (χ0n) is 9.67. The summed E-state index contributed by atoms with van der Waals surface area (Å²) in [4.78, 5) is 6.71. The summed E-state index contributed by atoms with van der Waals surface area (Å²) in [6.45, 7) is 0. The third kappa shape index (κ3) is 3.35. The van der Waals surface area contributed by atoms with Gasteiger partial charge < -0.3 is 11.1 Å². The highest BCUT2D eigenvalue weighted by atomic mass is 79.9. The Morgan fingerprint density at radius 2 is 1.85 bits per heavy atom. The Morgan fingerprint density at radius 1 is 1.15 bits per heavy atom. The number of halogens is 5. The molecule has 2 aromatic rings. The van der Waals surface area contributed by atoms with E-state index in [9.17, 15) is 17.6 Å². The van der Waals surface area contributed by atoms with Crippen molar-refractivity contribution in [1.29, 1.82) is 0 Å². The van der Waals surface area contributed by atoms with Crippen LogP contribution in [0.4, 0.5) is 35.0 Å². The summed E-state index contributed by atoms with van der Waals surface area (Å²) in [5.41, 5.74) is 4.28. The molecule has 1 aromatic carbocycles. The Hall–Kier alpha value is -1.90. The van der Waals surface area contributed by atoms with E-state index in [1.54, 1.807) is 0 Å². The first-order chi connectivity index (χ1) is 9.25. The smallest absolute Gasteiger partial charge is 0.368 e. The lowest BCUT2D eigenvalue weighted by molar-refractivity contribution is -0.141. The Bertz CT molecular complexity index is 645. The predicted molar refractivity (Wildman–Crippen MR) is 68.8 cm³/mol. The van der Waals surface area contributed by atoms with E-state index in [-0.39, 0.29) is 16.0 Å². The molecule has 0 spiro atoms. The van der Waals surface area contributed by atoms with Crippen LogP contribution in [0.25, 0.3) is 0 Å². The molecule has 20 heavy (non-hydrogen) atoms. The van der Waals surface area contributed by atoms with Crippen LogP contribution in [0.2, 0.25) is 0 Å². The molecule has 0 saturated heterocycles. The second-order valence-corrected chi connectivity index (χ2v) is 4.60. The van der Waals surface area contributed by atoms with Crippen molar-refractivity contribution in [3.05, 3.63) is 40.2 Å². The standard InChI is InChI=1S/C11H7BrF4N4/c12-6-2-1-5(3-7(6)13)18-9-4-8(11(14,15)16)19-10(17)20-9/h1-4H,(H3,17,18,19,20). The first-order valence-corrected chi connectivity index (χ1v) is 5.99. The summed E-state index contributed by atoms with van der Waals surface area (Å²) in [6.07, 6.45) is -4.64. The van der Waals surface area contributed by atoms with Gasteiger partial charge in [0.1, 0.15) is 11.6 Å². The second-order valence-electron chi connectivity index (χ2n) is 3.75. The van der Waals surface area contributed by atoms with Crippen LogP contribution in [-0.4, -0.2) is 9.97 Å². The molecule has 0 aliphatic heterocycles. The van der Waals surface area contributed by atoms with E-state index < -0.39 is 23.6 Å². The van der Waals surface area contributed by atoms with E-state index in [1.165, 1.54) is 12.1 Å². The average molecular weight is 351 g/mol. The summed E-state index contributed by atoms with van der Waals surface area (Å²) in [5.74, 6) is -1.26. The van der Waals surface area contributed by atoms with Crippen molar-refractivity contribution < 1.29 is 17.6 Å². The Kier molecular flexibility index (Phi) is 3.80. The summed E-state index contributed by atoms with van der Waals surface area (Å²) < 4.78 is 51.2. The fourth-order valence-corrected chi connectivity index (χ4v) is 1.64. The molecule has 0 atom stereocenters. The van der Waals surface area contributed by atoms with Gasteiger partial charge >= 0.3 is 6.18 Å². The number of alkyl halides is 3. The molecule has 0 fully saturated rings. The maximum Gasteiger partial charge on any atom is 0.433 e. The van der Waals surface area contributed by atoms with Crippen molar-refractivity contribution in [3.63, 3.8) is 0 Å². The van der Waals surface area contributed by atoms with Gasteiger partial charge in [-0.05, 0) is 34.1 Å². The molecular formula is C11H7BrF4N4. The van der Waals surface area contributed by atoms with Crippen LogP contribution in [-0.2, 0) is 6.18 Å². The zero-order valence-corrected chi connectivity index (χ0v) is 11.3. The Balaban J connectivity index is 2.33.